The van der Waals surface area contributed by atoms with E-state index in [0.717, 1.165) is 35.6 Å². The second-order valence-corrected chi connectivity index (χ2v) is 6.77. The summed E-state index contributed by atoms with van der Waals surface area (Å²) in [7, 11) is 1.98. The Kier molecular flexibility index (Phi) is 3.71. The molecule has 0 saturated carbocycles. The van der Waals surface area contributed by atoms with Gasteiger partial charge in [0.05, 0.1) is 29.5 Å². The summed E-state index contributed by atoms with van der Waals surface area (Å²) >= 11 is 0. The second kappa shape index (κ2) is 6.24. The lowest BCUT2D eigenvalue weighted by Gasteiger charge is -2.05. The van der Waals surface area contributed by atoms with Gasteiger partial charge in [-0.1, -0.05) is 12.1 Å². The number of imidazole rings is 1. The van der Waals surface area contributed by atoms with Gasteiger partial charge >= 0.3 is 0 Å². The summed E-state index contributed by atoms with van der Waals surface area (Å²) in [5, 5.41) is 4.79. The van der Waals surface area contributed by atoms with Gasteiger partial charge in [-0.25, -0.2) is 15.0 Å². The molecule has 1 aliphatic rings. The van der Waals surface area contributed by atoms with E-state index in [1.54, 1.807) is 17.1 Å². The first-order valence-corrected chi connectivity index (χ1v) is 8.96. The Bertz CT molecular complexity index is 1110. The van der Waals surface area contributed by atoms with E-state index in [0.29, 0.717) is 24.1 Å². The largest absolute Gasteiger partial charge is 0.381 e. The number of fused-ring (bicyclic) bond motifs is 1. The predicted molar refractivity (Wildman–Crippen MR) is 99.6 cm³/mol. The fourth-order valence-corrected chi connectivity index (χ4v) is 3.37. The number of hydrogen-bond donors (Lipinski definition) is 0. The predicted octanol–water partition coefficient (Wildman–Crippen LogP) is 2.42. The third-order valence-corrected chi connectivity index (χ3v) is 4.88. The molecule has 0 N–H and O–H groups in total. The molecule has 1 fully saturated rings. The molecule has 27 heavy (non-hydrogen) atoms. The first-order chi connectivity index (χ1) is 13.2. The molecule has 8 heteroatoms. The van der Waals surface area contributed by atoms with Crippen LogP contribution in [0.25, 0.3) is 28.5 Å². The molecule has 0 amide bonds. The summed E-state index contributed by atoms with van der Waals surface area (Å²) in [4.78, 5) is 18.4. The molecule has 0 bridgehead atoms. The van der Waals surface area contributed by atoms with Crippen molar-refractivity contribution >= 4 is 11.0 Å². The van der Waals surface area contributed by atoms with Crippen molar-refractivity contribution in [2.75, 3.05) is 13.2 Å². The molecule has 1 aromatic carbocycles. The maximum absolute atomic E-state index is 5.52. The van der Waals surface area contributed by atoms with Crippen LogP contribution in [0.15, 0.2) is 36.7 Å². The van der Waals surface area contributed by atoms with E-state index in [1.165, 1.54) is 0 Å². The molecule has 136 valence electrons. The Hall–Kier alpha value is -3.13. The van der Waals surface area contributed by atoms with Gasteiger partial charge in [0.15, 0.2) is 11.6 Å². The Morgan fingerprint density at radius 1 is 1.11 bits per heavy atom. The summed E-state index contributed by atoms with van der Waals surface area (Å²) in [6.45, 7) is 3.30. The van der Waals surface area contributed by atoms with Crippen LogP contribution in [0.1, 0.15) is 23.9 Å². The van der Waals surface area contributed by atoms with Gasteiger partial charge in [0.2, 0.25) is 5.95 Å². The standard InChI is InChI=1S/C19H19N7O/c1-12-9-21-15(10-20-12)18-23-17(13-7-8-27-11-13)24-26(18)19-22-14-5-3-4-6-16(14)25(19)2/h3-6,9-10,13H,7-8,11H2,1-2H3/t13-/m0/s1. The highest BCUT2D eigenvalue weighted by Gasteiger charge is 2.26. The summed E-state index contributed by atoms with van der Waals surface area (Å²) < 4.78 is 9.31. The SMILES string of the molecule is Cc1cnc(-c2nc([C@H]3CCOC3)nn2-c2nc3ccccc3n2C)cn1. The molecule has 1 aliphatic heterocycles. The molecule has 8 nitrogen and oxygen atoms in total. The summed E-state index contributed by atoms with van der Waals surface area (Å²) in [5.74, 6) is 2.30. The van der Waals surface area contributed by atoms with E-state index in [2.05, 4.69) is 9.97 Å². The van der Waals surface area contributed by atoms with E-state index >= 15 is 0 Å². The smallest absolute Gasteiger partial charge is 0.233 e. The average Bonchev–Trinajstić information content (AvgIpc) is 3.41. The van der Waals surface area contributed by atoms with E-state index in [9.17, 15) is 0 Å². The van der Waals surface area contributed by atoms with Crippen LogP contribution in [-0.2, 0) is 11.8 Å². The van der Waals surface area contributed by atoms with E-state index in [4.69, 9.17) is 19.8 Å². The van der Waals surface area contributed by atoms with Gasteiger partial charge < -0.3 is 9.30 Å². The highest BCUT2D eigenvalue weighted by molar-refractivity contribution is 5.77. The van der Waals surface area contributed by atoms with Crippen molar-refractivity contribution in [2.45, 2.75) is 19.3 Å². The lowest BCUT2D eigenvalue weighted by Crippen LogP contribution is -2.08. The van der Waals surface area contributed by atoms with Crippen molar-refractivity contribution in [3.63, 3.8) is 0 Å². The normalized spacial score (nSPS) is 17.0. The molecule has 1 atom stereocenters. The number of rotatable bonds is 3. The zero-order valence-corrected chi connectivity index (χ0v) is 15.2. The van der Waals surface area contributed by atoms with Crippen LogP contribution in [0.5, 0.6) is 0 Å². The molecule has 3 aromatic heterocycles. The van der Waals surface area contributed by atoms with Crippen LogP contribution >= 0.6 is 0 Å². The third kappa shape index (κ3) is 2.69. The summed E-state index contributed by atoms with van der Waals surface area (Å²) in [6, 6.07) is 8.02. The molecule has 0 spiro atoms. The van der Waals surface area contributed by atoms with Crippen LogP contribution in [0.3, 0.4) is 0 Å². The third-order valence-electron chi connectivity index (χ3n) is 4.88. The molecule has 0 unspecified atom stereocenters. The van der Waals surface area contributed by atoms with Crippen molar-refractivity contribution in [1.29, 1.82) is 0 Å². The molecule has 5 rings (SSSR count). The highest BCUT2D eigenvalue weighted by Crippen LogP contribution is 2.27. The average molecular weight is 361 g/mol. The number of aromatic nitrogens is 7. The fraction of sp³-hybridized carbons (Fsp3) is 0.316. The van der Waals surface area contributed by atoms with Gasteiger partial charge in [0, 0.05) is 25.8 Å². The molecular formula is C19H19N7O. The number of benzene rings is 1. The molecular weight excluding hydrogens is 342 g/mol. The van der Waals surface area contributed by atoms with Crippen LogP contribution in [0.4, 0.5) is 0 Å². The van der Waals surface area contributed by atoms with E-state index in [1.807, 2.05) is 42.8 Å². The minimum absolute atomic E-state index is 0.193. The Balaban J connectivity index is 1.71. The zero-order valence-electron chi connectivity index (χ0n) is 15.2. The first kappa shape index (κ1) is 16.1. The van der Waals surface area contributed by atoms with Gasteiger partial charge in [-0.2, -0.15) is 4.68 Å². The van der Waals surface area contributed by atoms with E-state index in [-0.39, 0.29) is 5.92 Å². The second-order valence-electron chi connectivity index (χ2n) is 6.77. The Morgan fingerprint density at radius 2 is 2.00 bits per heavy atom. The molecule has 0 radical (unpaired) electrons. The van der Waals surface area contributed by atoms with Crippen LogP contribution in [0.2, 0.25) is 0 Å². The minimum Gasteiger partial charge on any atom is -0.381 e. The van der Waals surface area contributed by atoms with Crippen molar-refractivity contribution in [3.8, 4) is 17.5 Å². The van der Waals surface area contributed by atoms with Crippen LogP contribution in [0, 0.1) is 6.92 Å². The van der Waals surface area contributed by atoms with Gasteiger partial charge in [0.25, 0.3) is 0 Å². The summed E-state index contributed by atoms with van der Waals surface area (Å²) in [5.41, 5.74) is 3.48. The molecule has 1 saturated heterocycles. The van der Waals surface area contributed by atoms with Gasteiger partial charge in [-0.05, 0) is 25.5 Å². The molecule has 0 aliphatic carbocycles. The number of ether oxygens (including phenoxy) is 1. The van der Waals surface area contributed by atoms with E-state index < -0.39 is 0 Å². The Labute approximate surface area is 155 Å². The Morgan fingerprint density at radius 3 is 2.74 bits per heavy atom. The number of hydrogen-bond acceptors (Lipinski definition) is 6. The summed E-state index contributed by atoms with van der Waals surface area (Å²) in [6.07, 6.45) is 4.39. The van der Waals surface area contributed by atoms with Gasteiger partial charge in [0.1, 0.15) is 5.69 Å². The monoisotopic (exact) mass is 361 g/mol. The van der Waals surface area contributed by atoms with Gasteiger partial charge in [-0.3, -0.25) is 4.98 Å². The van der Waals surface area contributed by atoms with Crippen molar-refractivity contribution in [3.05, 3.63) is 48.2 Å². The maximum Gasteiger partial charge on any atom is 0.233 e. The lowest BCUT2D eigenvalue weighted by molar-refractivity contribution is 0.193. The number of para-hydroxylation sites is 2. The minimum atomic E-state index is 0.193. The van der Waals surface area contributed by atoms with Crippen molar-refractivity contribution in [1.82, 2.24) is 34.3 Å². The number of aryl methyl sites for hydroxylation is 2. The zero-order chi connectivity index (χ0) is 18.4. The molecule has 4 heterocycles. The van der Waals surface area contributed by atoms with Crippen LogP contribution in [-0.4, -0.2) is 47.5 Å². The highest BCUT2D eigenvalue weighted by atomic mass is 16.5. The van der Waals surface area contributed by atoms with Crippen molar-refractivity contribution in [2.24, 2.45) is 7.05 Å². The quantitative estimate of drug-likeness (QED) is 0.557. The van der Waals surface area contributed by atoms with Crippen molar-refractivity contribution < 1.29 is 4.74 Å². The lowest BCUT2D eigenvalue weighted by atomic mass is 10.1. The topological polar surface area (TPSA) is 83.5 Å². The molecule has 4 aromatic rings. The maximum atomic E-state index is 5.52. The first-order valence-electron chi connectivity index (χ1n) is 8.96. The number of nitrogens with zero attached hydrogens (tertiary/aromatic N) is 7. The van der Waals surface area contributed by atoms with Gasteiger partial charge in [-0.15, -0.1) is 5.10 Å². The fourth-order valence-electron chi connectivity index (χ4n) is 3.37. The van der Waals surface area contributed by atoms with Crippen LogP contribution < -0.4 is 0 Å².